The lowest BCUT2D eigenvalue weighted by Gasteiger charge is -2.10. The summed E-state index contributed by atoms with van der Waals surface area (Å²) in [6, 6.07) is 6.57. The molecule has 88 valence electrons. The number of carbonyl (C=O) groups is 1. The number of carboxylic acid groups (broad SMARTS) is 1. The minimum atomic E-state index is -0.939. The second-order valence-electron chi connectivity index (χ2n) is 3.63. The highest BCUT2D eigenvalue weighted by Gasteiger charge is 2.15. The van der Waals surface area contributed by atoms with Crippen molar-refractivity contribution in [2.45, 2.75) is 5.25 Å². The van der Waals surface area contributed by atoms with Gasteiger partial charge in [0, 0.05) is 7.05 Å². The second kappa shape index (κ2) is 4.58. The molecule has 17 heavy (non-hydrogen) atoms. The van der Waals surface area contributed by atoms with E-state index < -0.39 is 5.97 Å². The van der Waals surface area contributed by atoms with E-state index in [0.29, 0.717) is 0 Å². The van der Waals surface area contributed by atoms with Gasteiger partial charge >= 0.3 is 5.97 Å². The predicted molar refractivity (Wildman–Crippen MR) is 65.2 cm³/mol. The first-order chi connectivity index (χ1) is 8.09. The van der Waals surface area contributed by atoms with Crippen molar-refractivity contribution in [3.63, 3.8) is 0 Å². The first-order valence-electron chi connectivity index (χ1n) is 4.95. The number of nitrogens with zero attached hydrogens (tertiary/aromatic N) is 3. The molecule has 0 aliphatic rings. The van der Waals surface area contributed by atoms with E-state index in [0.717, 1.165) is 11.4 Å². The maximum Gasteiger partial charge on any atom is 0.335 e. The lowest BCUT2D eigenvalue weighted by atomic mass is 10.1. The second-order valence-corrected chi connectivity index (χ2v) is 4.15. The van der Waals surface area contributed by atoms with E-state index in [1.807, 2.05) is 7.05 Å². The Hall–Kier alpha value is -1.82. The molecule has 0 bridgehead atoms. The van der Waals surface area contributed by atoms with Gasteiger partial charge in [-0.1, -0.05) is 12.1 Å². The molecular formula is C11H11N3O2S. The Morgan fingerprint density at radius 2 is 2.06 bits per heavy atom. The number of aryl methyl sites for hydroxylation is 1. The van der Waals surface area contributed by atoms with Crippen LogP contribution in [0.25, 0.3) is 0 Å². The van der Waals surface area contributed by atoms with E-state index in [1.54, 1.807) is 35.2 Å². The van der Waals surface area contributed by atoms with Crippen molar-refractivity contribution < 1.29 is 9.90 Å². The minimum absolute atomic E-state index is 0.217. The Morgan fingerprint density at radius 3 is 2.53 bits per heavy atom. The van der Waals surface area contributed by atoms with Crippen molar-refractivity contribution in [2.24, 2.45) is 7.05 Å². The topological polar surface area (TPSA) is 68.0 Å². The number of aromatic carboxylic acids is 1. The molecular weight excluding hydrogens is 238 g/mol. The molecule has 0 saturated carbocycles. The van der Waals surface area contributed by atoms with Crippen LogP contribution in [0.15, 0.2) is 30.6 Å². The zero-order valence-corrected chi connectivity index (χ0v) is 10.0. The quantitative estimate of drug-likeness (QED) is 0.809. The summed E-state index contributed by atoms with van der Waals surface area (Å²) in [5, 5.41) is 16.3. The molecule has 0 fully saturated rings. The number of aromatic nitrogens is 3. The molecule has 0 aliphatic heterocycles. The summed E-state index contributed by atoms with van der Waals surface area (Å²) < 4.78 is 1.78. The maximum absolute atomic E-state index is 10.7. The summed E-state index contributed by atoms with van der Waals surface area (Å²) in [5.74, 6) is -0.220. The van der Waals surface area contributed by atoms with Crippen LogP contribution in [0.4, 0.5) is 0 Å². The molecule has 0 saturated heterocycles. The number of benzene rings is 1. The fraction of sp³-hybridized carbons (Fsp3) is 0.182. The van der Waals surface area contributed by atoms with E-state index in [9.17, 15) is 4.79 Å². The Bertz CT molecular complexity index is 536. The van der Waals surface area contributed by atoms with Gasteiger partial charge in [0.25, 0.3) is 0 Å². The Labute approximate surface area is 104 Å². The third kappa shape index (κ3) is 2.31. The van der Waals surface area contributed by atoms with Crippen LogP contribution >= 0.6 is 12.6 Å². The molecule has 6 heteroatoms. The van der Waals surface area contributed by atoms with Crippen molar-refractivity contribution in [3.05, 3.63) is 47.5 Å². The molecule has 0 spiro atoms. The number of thiol groups is 1. The molecule has 2 rings (SSSR count). The highest BCUT2D eigenvalue weighted by atomic mass is 32.1. The van der Waals surface area contributed by atoms with Crippen LogP contribution in [-0.4, -0.2) is 25.8 Å². The van der Waals surface area contributed by atoms with E-state index in [-0.39, 0.29) is 10.8 Å². The molecule has 0 radical (unpaired) electrons. The third-order valence-corrected chi connectivity index (χ3v) is 2.99. The zero-order valence-electron chi connectivity index (χ0n) is 9.11. The van der Waals surface area contributed by atoms with Gasteiger partial charge in [-0.15, -0.1) is 10.2 Å². The number of hydrogen-bond acceptors (Lipinski definition) is 4. The standard InChI is InChI=1S/C11H11N3O2S/c1-14-6-12-13-10(14)9(17)7-2-4-8(5-3-7)11(15)16/h2-6,9,17H,1H3,(H,15,16). The Balaban J connectivity index is 2.29. The Kier molecular flexibility index (Phi) is 3.14. The van der Waals surface area contributed by atoms with Gasteiger partial charge in [-0.3, -0.25) is 0 Å². The van der Waals surface area contributed by atoms with Crippen molar-refractivity contribution >= 4 is 18.6 Å². The highest BCUT2D eigenvalue weighted by molar-refractivity contribution is 7.80. The number of rotatable bonds is 3. The van der Waals surface area contributed by atoms with Gasteiger partial charge in [-0.05, 0) is 17.7 Å². The van der Waals surface area contributed by atoms with Gasteiger partial charge in [0.05, 0.1) is 10.8 Å². The summed E-state index contributed by atoms with van der Waals surface area (Å²) >= 11 is 4.46. The summed E-state index contributed by atoms with van der Waals surface area (Å²) in [6.07, 6.45) is 1.60. The number of carboxylic acids is 1. The van der Waals surface area contributed by atoms with E-state index >= 15 is 0 Å². The molecule has 1 heterocycles. The molecule has 0 amide bonds. The summed E-state index contributed by atoms with van der Waals surface area (Å²) in [4.78, 5) is 10.7. The zero-order chi connectivity index (χ0) is 12.4. The molecule has 1 aromatic heterocycles. The van der Waals surface area contributed by atoms with Gasteiger partial charge < -0.3 is 9.67 Å². The van der Waals surface area contributed by atoms with Crippen LogP contribution in [0.3, 0.4) is 0 Å². The van der Waals surface area contributed by atoms with E-state index in [4.69, 9.17) is 5.11 Å². The van der Waals surface area contributed by atoms with Crippen LogP contribution in [0.5, 0.6) is 0 Å². The fourth-order valence-electron chi connectivity index (χ4n) is 1.50. The smallest absolute Gasteiger partial charge is 0.335 e. The largest absolute Gasteiger partial charge is 0.478 e. The SMILES string of the molecule is Cn1cnnc1C(S)c1ccc(C(=O)O)cc1. The van der Waals surface area contributed by atoms with Gasteiger partial charge in [0.1, 0.15) is 12.2 Å². The average Bonchev–Trinajstić information content (AvgIpc) is 2.74. The van der Waals surface area contributed by atoms with Crippen LogP contribution in [-0.2, 0) is 7.05 Å². The average molecular weight is 249 g/mol. The summed E-state index contributed by atoms with van der Waals surface area (Å²) in [6.45, 7) is 0. The van der Waals surface area contributed by atoms with Crippen molar-refractivity contribution in [2.75, 3.05) is 0 Å². The molecule has 2 aromatic rings. The summed E-state index contributed by atoms with van der Waals surface area (Å²) in [7, 11) is 1.84. The monoisotopic (exact) mass is 249 g/mol. The van der Waals surface area contributed by atoms with Crippen molar-refractivity contribution in [1.29, 1.82) is 0 Å². The maximum atomic E-state index is 10.7. The third-order valence-electron chi connectivity index (χ3n) is 2.46. The first-order valence-corrected chi connectivity index (χ1v) is 5.46. The van der Waals surface area contributed by atoms with Crippen LogP contribution in [0.1, 0.15) is 27.0 Å². The molecule has 1 N–H and O–H groups in total. The molecule has 5 nitrogen and oxygen atoms in total. The van der Waals surface area contributed by atoms with Gasteiger partial charge in [-0.2, -0.15) is 12.6 Å². The number of hydrogen-bond donors (Lipinski definition) is 2. The predicted octanol–water partition coefficient (Wildman–Crippen LogP) is 1.53. The van der Waals surface area contributed by atoms with Crippen LogP contribution in [0, 0.1) is 0 Å². The highest BCUT2D eigenvalue weighted by Crippen LogP contribution is 2.26. The lowest BCUT2D eigenvalue weighted by Crippen LogP contribution is -2.03. The fourth-order valence-corrected chi connectivity index (χ4v) is 1.90. The lowest BCUT2D eigenvalue weighted by molar-refractivity contribution is 0.0697. The minimum Gasteiger partial charge on any atom is -0.478 e. The molecule has 1 aromatic carbocycles. The normalized spacial score (nSPS) is 12.4. The van der Waals surface area contributed by atoms with E-state index in [1.165, 1.54) is 0 Å². The van der Waals surface area contributed by atoms with Gasteiger partial charge in [0.15, 0.2) is 0 Å². The van der Waals surface area contributed by atoms with E-state index in [2.05, 4.69) is 22.8 Å². The van der Waals surface area contributed by atoms with Crippen molar-refractivity contribution in [1.82, 2.24) is 14.8 Å². The van der Waals surface area contributed by atoms with Crippen LogP contribution in [0.2, 0.25) is 0 Å². The molecule has 1 atom stereocenters. The van der Waals surface area contributed by atoms with Crippen molar-refractivity contribution in [3.8, 4) is 0 Å². The Morgan fingerprint density at radius 1 is 1.41 bits per heavy atom. The molecule has 0 aliphatic carbocycles. The molecule has 1 unspecified atom stereocenters. The van der Waals surface area contributed by atoms with Gasteiger partial charge in [0.2, 0.25) is 0 Å². The van der Waals surface area contributed by atoms with Crippen LogP contribution < -0.4 is 0 Å². The summed E-state index contributed by atoms with van der Waals surface area (Å²) in [5.41, 5.74) is 1.14. The first kappa shape index (κ1) is 11.7. The van der Waals surface area contributed by atoms with Gasteiger partial charge in [-0.25, -0.2) is 4.79 Å².